The van der Waals surface area contributed by atoms with Crippen LogP contribution in [0.5, 0.6) is 0 Å². The Morgan fingerprint density at radius 3 is 2.89 bits per heavy atom. The molecule has 2 saturated heterocycles. The number of carbonyl (C=O) groups is 2. The molecule has 4 rings (SSSR count). The van der Waals surface area contributed by atoms with Gasteiger partial charge in [-0.25, -0.2) is 4.98 Å². The Bertz CT molecular complexity index is 833. The van der Waals surface area contributed by atoms with E-state index in [1.807, 2.05) is 28.9 Å². The number of hydrogen-bond donors (Lipinski definition) is 1. The molecule has 1 N–H and O–H groups in total. The average molecular weight is 381 g/mol. The van der Waals surface area contributed by atoms with Gasteiger partial charge in [-0.05, 0) is 38.3 Å². The summed E-state index contributed by atoms with van der Waals surface area (Å²) in [6.45, 7) is 4.83. The number of hydrogen-bond acceptors (Lipinski definition) is 4. The zero-order valence-electron chi connectivity index (χ0n) is 16.4. The van der Waals surface area contributed by atoms with E-state index in [4.69, 9.17) is 0 Å². The first-order valence-corrected chi connectivity index (χ1v) is 10.0. The lowest BCUT2D eigenvalue weighted by Crippen LogP contribution is -2.55. The van der Waals surface area contributed by atoms with E-state index in [-0.39, 0.29) is 17.2 Å². The number of aryl methyl sites for hydroxylation is 1. The van der Waals surface area contributed by atoms with E-state index >= 15 is 0 Å². The molecular weight excluding hydrogens is 354 g/mol. The summed E-state index contributed by atoms with van der Waals surface area (Å²) in [4.78, 5) is 40.8. The Balaban J connectivity index is 1.43. The first kappa shape index (κ1) is 18.7. The molecule has 4 heterocycles. The van der Waals surface area contributed by atoms with E-state index in [0.29, 0.717) is 25.1 Å². The SMILES string of the molecule is Cc1ccc(C(=O)N2CCC[C@@]3(CCC(=O)N(CCc4cnc[nH]4)C3)C2)cn1. The number of aromatic amines is 1. The van der Waals surface area contributed by atoms with Gasteiger partial charge in [0.15, 0.2) is 0 Å². The maximum Gasteiger partial charge on any atom is 0.255 e. The fourth-order valence-electron chi connectivity index (χ4n) is 4.47. The number of likely N-dealkylation sites (tertiary alicyclic amines) is 2. The fraction of sp³-hybridized carbons (Fsp3) is 0.524. The predicted molar refractivity (Wildman–Crippen MR) is 105 cm³/mol. The molecule has 2 amide bonds. The van der Waals surface area contributed by atoms with Gasteiger partial charge in [0.05, 0.1) is 11.9 Å². The number of carbonyl (C=O) groups excluding carboxylic acids is 2. The molecule has 28 heavy (non-hydrogen) atoms. The van der Waals surface area contributed by atoms with Gasteiger partial charge in [-0.1, -0.05) is 0 Å². The highest BCUT2D eigenvalue weighted by atomic mass is 16.2. The van der Waals surface area contributed by atoms with Crippen molar-refractivity contribution >= 4 is 11.8 Å². The van der Waals surface area contributed by atoms with Crippen LogP contribution in [0.2, 0.25) is 0 Å². The van der Waals surface area contributed by atoms with Gasteiger partial charge in [-0.3, -0.25) is 14.6 Å². The van der Waals surface area contributed by atoms with E-state index in [1.54, 1.807) is 18.7 Å². The van der Waals surface area contributed by atoms with E-state index in [2.05, 4.69) is 15.0 Å². The minimum atomic E-state index is 0.00787. The number of piperidine rings is 2. The number of aromatic nitrogens is 3. The maximum atomic E-state index is 13.0. The zero-order chi connectivity index (χ0) is 19.6. The topological polar surface area (TPSA) is 82.2 Å². The summed E-state index contributed by atoms with van der Waals surface area (Å²) in [5.74, 6) is 0.267. The van der Waals surface area contributed by atoms with Crippen LogP contribution in [0.25, 0.3) is 0 Å². The molecule has 0 aliphatic carbocycles. The van der Waals surface area contributed by atoms with Gasteiger partial charge in [-0.15, -0.1) is 0 Å². The summed E-state index contributed by atoms with van der Waals surface area (Å²) in [5.41, 5.74) is 2.60. The Labute approximate surface area is 165 Å². The summed E-state index contributed by atoms with van der Waals surface area (Å²) in [6, 6.07) is 3.73. The molecule has 2 fully saturated rings. The molecule has 2 aliphatic heterocycles. The van der Waals surface area contributed by atoms with Crippen LogP contribution in [-0.2, 0) is 11.2 Å². The number of imidazole rings is 1. The second-order valence-electron chi connectivity index (χ2n) is 8.16. The van der Waals surface area contributed by atoms with Crippen LogP contribution in [-0.4, -0.2) is 62.7 Å². The van der Waals surface area contributed by atoms with Gasteiger partial charge in [0.1, 0.15) is 0 Å². The quantitative estimate of drug-likeness (QED) is 0.880. The largest absolute Gasteiger partial charge is 0.348 e. The van der Waals surface area contributed by atoms with E-state index in [1.165, 1.54) is 0 Å². The molecule has 7 nitrogen and oxygen atoms in total. The highest BCUT2D eigenvalue weighted by molar-refractivity contribution is 5.94. The lowest BCUT2D eigenvalue weighted by atomic mass is 9.73. The Morgan fingerprint density at radius 2 is 2.14 bits per heavy atom. The highest BCUT2D eigenvalue weighted by Crippen LogP contribution is 2.39. The van der Waals surface area contributed by atoms with Gasteiger partial charge in [0.2, 0.25) is 5.91 Å². The van der Waals surface area contributed by atoms with E-state index in [9.17, 15) is 9.59 Å². The van der Waals surface area contributed by atoms with Crippen LogP contribution in [0.3, 0.4) is 0 Å². The molecule has 0 saturated carbocycles. The number of rotatable bonds is 4. The first-order chi connectivity index (χ1) is 13.5. The van der Waals surface area contributed by atoms with Crippen LogP contribution >= 0.6 is 0 Å². The second-order valence-corrected chi connectivity index (χ2v) is 8.16. The van der Waals surface area contributed by atoms with E-state index < -0.39 is 0 Å². The lowest BCUT2D eigenvalue weighted by Gasteiger charge is -2.48. The third-order valence-corrected chi connectivity index (χ3v) is 6.06. The molecule has 7 heteroatoms. The number of pyridine rings is 1. The third kappa shape index (κ3) is 3.93. The molecule has 0 bridgehead atoms. The summed E-state index contributed by atoms with van der Waals surface area (Å²) in [7, 11) is 0. The molecule has 148 valence electrons. The summed E-state index contributed by atoms with van der Waals surface area (Å²) in [6.07, 6.45) is 9.39. The van der Waals surface area contributed by atoms with Gasteiger partial charge in [0.25, 0.3) is 5.91 Å². The molecule has 0 unspecified atom stereocenters. The van der Waals surface area contributed by atoms with Gasteiger partial charge < -0.3 is 14.8 Å². The Kier molecular flexibility index (Phi) is 5.15. The molecule has 2 aliphatic rings. The summed E-state index contributed by atoms with van der Waals surface area (Å²) < 4.78 is 0. The lowest BCUT2D eigenvalue weighted by molar-refractivity contribution is -0.138. The Hall–Kier alpha value is -2.70. The smallest absolute Gasteiger partial charge is 0.255 e. The van der Waals surface area contributed by atoms with Crippen molar-refractivity contribution < 1.29 is 9.59 Å². The van der Waals surface area contributed by atoms with Crippen molar-refractivity contribution in [3.05, 3.63) is 47.8 Å². The first-order valence-electron chi connectivity index (χ1n) is 10.0. The number of nitrogens with zero attached hydrogens (tertiary/aromatic N) is 4. The maximum absolute atomic E-state index is 13.0. The number of amides is 2. The molecule has 1 atom stereocenters. The number of H-pyrrole nitrogens is 1. The molecule has 1 spiro atoms. The standard InChI is InChI=1S/C21H27N5O2/c1-16-3-4-17(11-23-16)20(28)26-9-2-7-21(14-26)8-5-19(27)25(13-21)10-6-18-12-22-15-24-18/h3-4,11-12,15H,2,5-10,13-14H2,1H3,(H,22,24)/t21-/m0/s1. The third-order valence-electron chi connectivity index (χ3n) is 6.06. The van der Waals surface area contributed by atoms with Crippen LogP contribution < -0.4 is 0 Å². The molecule has 0 radical (unpaired) electrons. The van der Waals surface area contributed by atoms with Gasteiger partial charge in [0, 0.05) is 68.2 Å². The Morgan fingerprint density at radius 1 is 1.25 bits per heavy atom. The highest BCUT2D eigenvalue weighted by Gasteiger charge is 2.42. The van der Waals surface area contributed by atoms with Crippen molar-refractivity contribution in [2.75, 3.05) is 26.2 Å². The molecular formula is C21H27N5O2. The fourth-order valence-corrected chi connectivity index (χ4v) is 4.47. The van der Waals surface area contributed by atoms with Crippen LogP contribution in [0, 0.1) is 12.3 Å². The van der Waals surface area contributed by atoms with Crippen molar-refractivity contribution in [3.63, 3.8) is 0 Å². The monoisotopic (exact) mass is 381 g/mol. The van der Waals surface area contributed by atoms with Crippen molar-refractivity contribution in [3.8, 4) is 0 Å². The second kappa shape index (κ2) is 7.73. The van der Waals surface area contributed by atoms with Crippen LogP contribution in [0.1, 0.15) is 47.4 Å². The zero-order valence-corrected chi connectivity index (χ0v) is 16.4. The van der Waals surface area contributed by atoms with Crippen molar-refractivity contribution in [2.45, 2.75) is 39.0 Å². The summed E-state index contributed by atoms with van der Waals surface area (Å²) >= 11 is 0. The van der Waals surface area contributed by atoms with Gasteiger partial charge >= 0.3 is 0 Å². The predicted octanol–water partition coefficient (Wildman–Crippen LogP) is 2.20. The normalized spacial score (nSPS) is 22.7. The van der Waals surface area contributed by atoms with E-state index in [0.717, 1.165) is 50.2 Å². The van der Waals surface area contributed by atoms with Gasteiger partial charge in [-0.2, -0.15) is 0 Å². The average Bonchev–Trinajstić information content (AvgIpc) is 3.23. The molecule has 2 aromatic rings. The molecule has 0 aromatic carbocycles. The van der Waals surface area contributed by atoms with Crippen LogP contribution in [0.4, 0.5) is 0 Å². The van der Waals surface area contributed by atoms with Crippen molar-refractivity contribution in [1.82, 2.24) is 24.8 Å². The van der Waals surface area contributed by atoms with Crippen molar-refractivity contribution in [2.24, 2.45) is 5.41 Å². The minimum Gasteiger partial charge on any atom is -0.348 e. The molecule has 2 aromatic heterocycles. The number of nitrogens with one attached hydrogen (secondary N) is 1. The van der Waals surface area contributed by atoms with Crippen molar-refractivity contribution in [1.29, 1.82) is 0 Å². The minimum absolute atomic E-state index is 0.00787. The summed E-state index contributed by atoms with van der Waals surface area (Å²) in [5, 5.41) is 0. The van der Waals surface area contributed by atoms with Crippen LogP contribution in [0.15, 0.2) is 30.9 Å².